The first-order valence-electron chi connectivity index (χ1n) is 13.1. The Morgan fingerprint density at radius 2 is 1.34 bits per heavy atom. The highest BCUT2D eigenvalue weighted by molar-refractivity contribution is 5.99. The van der Waals surface area contributed by atoms with Crippen molar-refractivity contribution in [3.05, 3.63) is 137 Å². The summed E-state index contributed by atoms with van der Waals surface area (Å²) in [6.07, 6.45) is 2.67. The first kappa shape index (κ1) is 26.9. The van der Waals surface area contributed by atoms with Crippen molar-refractivity contribution in [3.63, 3.8) is 0 Å². The van der Waals surface area contributed by atoms with Crippen molar-refractivity contribution in [2.75, 3.05) is 27.2 Å². The van der Waals surface area contributed by atoms with Crippen LogP contribution in [0.2, 0.25) is 0 Å². The van der Waals surface area contributed by atoms with Gasteiger partial charge in [-0.3, -0.25) is 0 Å². The lowest BCUT2D eigenvalue weighted by molar-refractivity contribution is 0.132. The van der Waals surface area contributed by atoms with Gasteiger partial charge in [0.15, 0.2) is 0 Å². The quantitative estimate of drug-likeness (QED) is 0.113. The Hall–Kier alpha value is -4.15. The number of rotatable bonds is 12. The van der Waals surface area contributed by atoms with E-state index < -0.39 is 0 Å². The molecule has 194 valence electrons. The average molecular weight is 505 g/mol. The monoisotopic (exact) mass is 504 g/mol. The molecule has 0 saturated heterocycles. The standard InChI is InChI=1S/C34H36N2O2/c1-4-33(29-13-9-6-10-14-29)34(31-19-21-32(22-20-31)37-24-23-36(2)3)30-17-15-27(16-18-30)25-35-38-26-28-11-7-5-8-12-28/h5-22,25H,4,23-24,26H2,1-3H3. The van der Waals surface area contributed by atoms with Gasteiger partial charge in [0.25, 0.3) is 0 Å². The zero-order valence-electron chi connectivity index (χ0n) is 22.5. The molecule has 0 bridgehead atoms. The second-order valence-corrected chi connectivity index (χ2v) is 9.36. The SMILES string of the molecule is CCC(=C(c1ccc(C=NOCc2ccccc2)cc1)c1ccc(OCCN(C)C)cc1)c1ccccc1. The molecule has 0 radical (unpaired) electrons. The van der Waals surface area contributed by atoms with Gasteiger partial charge in [0.1, 0.15) is 19.0 Å². The largest absolute Gasteiger partial charge is 0.492 e. The van der Waals surface area contributed by atoms with Crippen LogP contribution >= 0.6 is 0 Å². The molecule has 0 heterocycles. The van der Waals surface area contributed by atoms with Crippen LogP contribution in [0.1, 0.15) is 41.2 Å². The summed E-state index contributed by atoms with van der Waals surface area (Å²) < 4.78 is 5.94. The normalized spacial score (nSPS) is 12.0. The third-order valence-electron chi connectivity index (χ3n) is 6.28. The molecule has 0 aliphatic heterocycles. The number of likely N-dealkylation sites (N-methyl/N-ethyl adjacent to an activating group) is 1. The molecule has 0 aliphatic carbocycles. The molecule has 0 saturated carbocycles. The highest BCUT2D eigenvalue weighted by Gasteiger charge is 2.13. The van der Waals surface area contributed by atoms with Gasteiger partial charge >= 0.3 is 0 Å². The van der Waals surface area contributed by atoms with Crippen molar-refractivity contribution >= 4 is 17.4 Å². The van der Waals surface area contributed by atoms with Crippen LogP contribution in [0.25, 0.3) is 11.1 Å². The molecule has 0 N–H and O–H groups in total. The van der Waals surface area contributed by atoms with Crippen molar-refractivity contribution in [1.29, 1.82) is 0 Å². The number of hydrogen-bond acceptors (Lipinski definition) is 4. The molecule has 4 aromatic carbocycles. The maximum Gasteiger partial charge on any atom is 0.142 e. The van der Waals surface area contributed by atoms with E-state index in [1.54, 1.807) is 6.21 Å². The summed E-state index contributed by atoms with van der Waals surface area (Å²) in [6.45, 7) is 4.21. The molecule has 0 fully saturated rings. The van der Waals surface area contributed by atoms with Crippen LogP contribution in [0.4, 0.5) is 0 Å². The molecule has 4 rings (SSSR count). The number of ether oxygens (including phenoxy) is 1. The fourth-order valence-electron chi connectivity index (χ4n) is 4.26. The molecule has 0 atom stereocenters. The lowest BCUT2D eigenvalue weighted by atomic mass is 9.88. The Morgan fingerprint density at radius 1 is 0.737 bits per heavy atom. The molecule has 0 spiro atoms. The number of benzene rings is 4. The first-order chi connectivity index (χ1) is 18.6. The highest BCUT2D eigenvalue weighted by atomic mass is 16.6. The van der Waals surface area contributed by atoms with E-state index >= 15 is 0 Å². The number of allylic oxidation sites excluding steroid dienone is 1. The Balaban J connectivity index is 1.58. The minimum atomic E-state index is 0.452. The highest BCUT2D eigenvalue weighted by Crippen LogP contribution is 2.35. The van der Waals surface area contributed by atoms with E-state index in [1.807, 2.05) is 44.4 Å². The van der Waals surface area contributed by atoms with E-state index in [9.17, 15) is 0 Å². The zero-order valence-corrected chi connectivity index (χ0v) is 22.5. The minimum Gasteiger partial charge on any atom is -0.492 e. The second-order valence-electron chi connectivity index (χ2n) is 9.36. The van der Waals surface area contributed by atoms with Crippen molar-refractivity contribution in [1.82, 2.24) is 4.90 Å². The predicted octanol–water partition coefficient (Wildman–Crippen LogP) is 7.55. The molecule has 0 aliphatic rings. The topological polar surface area (TPSA) is 34.1 Å². The van der Waals surface area contributed by atoms with Crippen LogP contribution in [0.15, 0.2) is 114 Å². The van der Waals surface area contributed by atoms with E-state index in [4.69, 9.17) is 9.57 Å². The van der Waals surface area contributed by atoms with Gasteiger partial charge in [-0.2, -0.15) is 0 Å². The average Bonchev–Trinajstić information content (AvgIpc) is 2.96. The molecule has 0 unspecified atom stereocenters. The molecule has 4 aromatic rings. The van der Waals surface area contributed by atoms with Crippen LogP contribution in [0.5, 0.6) is 5.75 Å². The summed E-state index contributed by atoms with van der Waals surface area (Å²) in [5, 5.41) is 4.16. The summed E-state index contributed by atoms with van der Waals surface area (Å²) in [5.74, 6) is 0.884. The number of nitrogens with zero attached hydrogens (tertiary/aromatic N) is 2. The van der Waals surface area contributed by atoms with Crippen LogP contribution < -0.4 is 4.74 Å². The number of oxime groups is 1. The van der Waals surface area contributed by atoms with E-state index in [0.717, 1.165) is 35.4 Å². The molecular formula is C34H36N2O2. The van der Waals surface area contributed by atoms with Crippen LogP contribution in [0.3, 0.4) is 0 Å². The van der Waals surface area contributed by atoms with Crippen LogP contribution in [0, 0.1) is 0 Å². The van der Waals surface area contributed by atoms with Gasteiger partial charge in [-0.1, -0.05) is 109 Å². The summed E-state index contributed by atoms with van der Waals surface area (Å²) in [5.41, 5.74) is 8.17. The summed E-state index contributed by atoms with van der Waals surface area (Å²) in [7, 11) is 4.10. The number of hydrogen-bond donors (Lipinski definition) is 0. The molecule has 38 heavy (non-hydrogen) atoms. The molecule has 0 aromatic heterocycles. The summed E-state index contributed by atoms with van der Waals surface area (Å²) >= 11 is 0. The summed E-state index contributed by atoms with van der Waals surface area (Å²) in [4.78, 5) is 7.60. The molecule has 0 amide bonds. The first-order valence-corrected chi connectivity index (χ1v) is 13.1. The van der Waals surface area contributed by atoms with Gasteiger partial charge in [0.2, 0.25) is 0 Å². The second kappa shape index (κ2) is 14.0. The fraction of sp³-hybridized carbons (Fsp3) is 0.206. The smallest absolute Gasteiger partial charge is 0.142 e. The Morgan fingerprint density at radius 3 is 1.95 bits per heavy atom. The van der Waals surface area contributed by atoms with E-state index in [-0.39, 0.29) is 0 Å². The zero-order chi connectivity index (χ0) is 26.6. The summed E-state index contributed by atoms with van der Waals surface area (Å²) in [6, 6.07) is 37.6. The van der Waals surface area contributed by atoms with Gasteiger partial charge in [0, 0.05) is 6.54 Å². The maximum absolute atomic E-state index is 5.94. The Kier molecular flexibility index (Phi) is 9.89. The van der Waals surface area contributed by atoms with Crippen molar-refractivity contribution in [2.45, 2.75) is 20.0 Å². The fourth-order valence-corrected chi connectivity index (χ4v) is 4.26. The lowest BCUT2D eigenvalue weighted by Gasteiger charge is -2.17. The van der Waals surface area contributed by atoms with Gasteiger partial charge in [-0.25, -0.2) is 0 Å². The van der Waals surface area contributed by atoms with Gasteiger partial charge in [0.05, 0.1) is 6.21 Å². The van der Waals surface area contributed by atoms with Crippen LogP contribution in [-0.4, -0.2) is 38.4 Å². The Labute approximate surface area is 226 Å². The van der Waals surface area contributed by atoms with Crippen molar-refractivity contribution in [2.24, 2.45) is 5.16 Å². The van der Waals surface area contributed by atoms with Crippen LogP contribution in [-0.2, 0) is 11.4 Å². The van der Waals surface area contributed by atoms with Crippen molar-refractivity contribution in [3.8, 4) is 5.75 Å². The van der Waals surface area contributed by atoms with Crippen molar-refractivity contribution < 1.29 is 9.57 Å². The van der Waals surface area contributed by atoms with E-state index in [0.29, 0.717) is 13.2 Å². The lowest BCUT2D eigenvalue weighted by Crippen LogP contribution is -2.19. The minimum absolute atomic E-state index is 0.452. The molecule has 4 nitrogen and oxygen atoms in total. The molecule has 4 heteroatoms. The predicted molar refractivity (Wildman–Crippen MR) is 158 cm³/mol. The maximum atomic E-state index is 5.94. The van der Waals surface area contributed by atoms with Gasteiger partial charge in [-0.15, -0.1) is 0 Å². The van der Waals surface area contributed by atoms with Gasteiger partial charge in [-0.05, 0) is 71.6 Å². The third kappa shape index (κ3) is 7.67. The molecular weight excluding hydrogens is 468 g/mol. The third-order valence-corrected chi connectivity index (χ3v) is 6.28. The Bertz CT molecular complexity index is 1310. The van der Waals surface area contributed by atoms with E-state index in [1.165, 1.54) is 22.3 Å². The van der Waals surface area contributed by atoms with Gasteiger partial charge < -0.3 is 14.5 Å². The van der Waals surface area contributed by atoms with E-state index in [2.05, 4.69) is 95.8 Å².